The number of aryl methyl sites for hydroxylation is 1. The summed E-state index contributed by atoms with van der Waals surface area (Å²) in [5, 5.41) is 2.91. The van der Waals surface area contributed by atoms with Gasteiger partial charge in [-0.05, 0) is 47.5 Å². The second kappa shape index (κ2) is 7.82. The zero-order valence-corrected chi connectivity index (χ0v) is 16.5. The fourth-order valence-electron chi connectivity index (χ4n) is 3.41. The van der Waals surface area contributed by atoms with Crippen molar-refractivity contribution >= 4 is 22.8 Å². The highest BCUT2D eigenvalue weighted by Crippen LogP contribution is 2.34. The van der Waals surface area contributed by atoms with Crippen molar-refractivity contribution in [2.24, 2.45) is 7.05 Å². The van der Waals surface area contributed by atoms with E-state index in [1.807, 2.05) is 13.1 Å². The molecule has 1 amide bonds. The predicted octanol–water partition coefficient (Wildman–Crippen LogP) is 3.30. The van der Waals surface area contributed by atoms with E-state index in [9.17, 15) is 9.18 Å². The number of anilines is 1. The van der Waals surface area contributed by atoms with Crippen molar-refractivity contribution < 1.29 is 13.9 Å². The van der Waals surface area contributed by atoms with E-state index in [2.05, 4.69) is 15.3 Å². The molecular weight excluding hydrogens is 385 g/mol. The van der Waals surface area contributed by atoms with Gasteiger partial charge in [-0.15, -0.1) is 0 Å². The van der Waals surface area contributed by atoms with Crippen LogP contribution in [0.1, 0.15) is 15.9 Å². The van der Waals surface area contributed by atoms with Gasteiger partial charge in [-0.3, -0.25) is 4.79 Å². The molecule has 0 fully saturated rings. The molecule has 4 rings (SSSR count). The molecule has 2 heterocycles. The Bertz CT molecular complexity index is 1250. The number of methoxy groups -OCH3 is 1. The van der Waals surface area contributed by atoms with E-state index in [0.29, 0.717) is 45.8 Å². The molecular formula is C22H20FN5O2. The first-order valence-electron chi connectivity index (χ1n) is 9.24. The minimum Gasteiger partial charge on any atom is -0.496 e. The fourth-order valence-corrected chi connectivity index (χ4v) is 3.41. The van der Waals surface area contributed by atoms with Crippen LogP contribution in [0.15, 0.2) is 55.0 Å². The SMILES string of the molecule is COc1cc(F)ccc1-c1cc(C(=O)NCc2ccnc(N)c2)c2c(c1)ncn2C. The third-order valence-electron chi connectivity index (χ3n) is 4.83. The van der Waals surface area contributed by atoms with Gasteiger partial charge < -0.3 is 20.4 Å². The van der Waals surface area contributed by atoms with Gasteiger partial charge >= 0.3 is 0 Å². The summed E-state index contributed by atoms with van der Waals surface area (Å²) in [6.45, 7) is 0.301. The second-order valence-corrected chi connectivity index (χ2v) is 6.86. The Hall–Kier alpha value is -3.94. The summed E-state index contributed by atoms with van der Waals surface area (Å²) < 4.78 is 20.8. The number of hydrogen-bond acceptors (Lipinski definition) is 5. The van der Waals surface area contributed by atoms with Crippen molar-refractivity contribution in [1.82, 2.24) is 19.9 Å². The highest BCUT2D eigenvalue weighted by Gasteiger charge is 2.18. The standard InChI is InChI=1S/C22H20FN5O2/c1-28-12-27-18-9-14(16-4-3-15(23)10-19(16)30-2)8-17(21(18)28)22(29)26-11-13-5-6-25-20(24)7-13/h3-10,12H,11H2,1-2H3,(H2,24,25)(H,26,29). The van der Waals surface area contributed by atoms with Gasteiger partial charge in [-0.1, -0.05) is 0 Å². The lowest BCUT2D eigenvalue weighted by molar-refractivity contribution is 0.0952. The minimum atomic E-state index is -0.399. The topological polar surface area (TPSA) is 95.1 Å². The number of rotatable bonds is 5. The van der Waals surface area contributed by atoms with E-state index < -0.39 is 5.82 Å². The molecule has 0 aliphatic heterocycles. The van der Waals surface area contributed by atoms with Crippen LogP contribution in [0.25, 0.3) is 22.2 Å². The van der Waals surface area contributed by atoms with Gasteiger partial charge in [0.1, 0.15) is 17.4 Å². The predicted molar refractivity (Wildman–Crippen MR) is 112 cm³/mol. The summed E-state index contributed by atoms with van der Waals surface area (Å²) in [6, 6.07) is 11.4. The van der Waals surface area contributed by atoms with Crippen LogP contribution >= 0.6 is 0 Å². The maximum Gasteiger partial charge on any atom is 0.253 e. The monoisotopic (exact) mass is 405 g/mol. The number of nitrogens with zero attached hydrogens (tertiary/aromatic N) is 3. The van der Waals surface area contributed by atoms with Crippen LogP contribution in [-0.4, -0.2) is 27.6 Å². The Labute approximate surface area is 172 Å². The smallest absolute Gasteiger partial charge is 0.253 e. The summed E-state index contributed by atoms with van der Waals surface area (Å²) >= 11 is 0. The molecule has 2 aromatic carbocycles. The van der Waals surface area contributed by atoms with E-state index in [1.54, 1.807) is 41.4 Å². The molecule has 0 saturated carbocycles. The fraction of sp³-hybridized carbons (Fsp3) is 0.136. The Balaban J connectivity index is 1.75. The van der Waals surface area contributed by atoms with E-state index in [1.165, 1.54) is 19.2 Å². The Kier molecular flexibility index (Phi) is 5.05. The van der Waals surface area contributed by atoms with Crippen molar-refractivity contribution in [3.05, 3.63) is 71.9 Å². The van der Waals surface area contributed by atoms with Crippen molar-refractivity contribution in [2.45, 2.75) is 6.54 Å². The first-order valence-corrected chi connectivity index (χ1v) is 9.24. The number of halogens is 1. The van der Waals surface area contributed by atoms with Gasteiger partial charge in [0.15, 0.2) is 0 Å². The number of carbonyl (C=O) groups excluding carboxylic acids is 1. The van der Waals surface area contributed by atoms with Gasteiger partial charge in [-0.25, -0.2) is 14.4 Å². The molecule has 0 aliphatic rings. The Morgan fingerprint density at radius 3 is 2.80 bits per heavy atom. The van der Waals surface area contributed by atoms with E-state index in [4.69, 9.17) is 10.5 Å². The molecule has 2 aromatic heterocycles. The maximum absolute atomic E-state index is 13.6. The largest absolute Gasteiger partial charge is 0.496 e. The zero-order valence-electron chi connectivity index (χ0n) is 16.5. The number of hydrogen-bond donors (Lipinski definition) is 2. The number of benzene rings is 2. The normalized spacial score (nSPS) is 10.9. The first kappa shape index (κ1) is 19.4. The van der Waals surface area contributed by atoms with Crippen LogP contribution in [-0.2, 0) is 13.6 Å². The number of amides is 1. The molecule has 7 nitrogen and oxygen atoms in total. The van der Waals surface area contributed by atoms with E-state index in [-0.39, 0.29) is 5.91 Å². The third kappa shape index (κ3) is 3.67. The minimum absolute atomic E-state index is 0.262. The van der Waals surface area contributed by atoms with Gasteiger partial charge in [0.2, 0.25) is 0 Å². The second-order valence-electron chi connectivity index (χ2n) is 6.86. The summed E-state index contributed by atoms with van der Waals surface area (Å²) in [4.78, 5) is 21.4. The molecule has 4 aromatic rings. The number of pyridine rings is 1. The van der Waals surface area contributed by atoms with Gasteiger partial charge in [0.05, 0.1) is 30.0 Å². The summed E-state index contributed by atoms with van der Waals surface area (Å²) in [5.74, 6) is 0.107. The van der Waals surface area contributed by atoms with Gasteiger partial charge in [0.25, 0.3) is 5.91 Å². The number of nitrogens with one attached hydrogen (secondary N) is 1. The van der Waals surface area contributed by atoms with Crippen molar-refractivity contribution in [1.29, 1.82) is 0 Å². The molecule has 0 spiro atoms. The molecule has 8 heteroatoms. The Morgan fingerprint density at radius 2 is 2.03 bits per heavy atom. The van der Waals surface area contributed by atoms with E-state index in [0.717, 1.165) is 5.56 Å². The van der Waals surface area contributed by atoms with Gasteiger partial charge in [0, 0.05) is 31.4 Å². The Morgan fingerprint density at radius 1 is 1.20 bits per heavy atom. The quantitative estimate of drug-likeness (QED) is 0.531. The van der Waals surface area contributed by atoms with Crippen LogP contribution < -0.4 is 15.8 Å². The number of fused-ring (bicyclic) bond motifs is 1. The van der Waals surface area contributed by atoms with Crippen molar-refractivity contribution in [3.63, 3.8) is 0 Å². The molecule has 0 atom stereocenters. The van der Waals surface area contributed by atoms with Gasteiger partial charge in [-0.2, -0.15) is 0 Å². The average molecular weight is 405 g/mol. The van der Waals surface area contributed by atoms with Crippen molar-refractivity contribution in [3.8, 4) is 16.9 Å². The molecule has 3 N–H and O–H groups in total. The number of carbonyl (C=O) groups is 1. The average Bonchev–Trinajstić information content (AvgIpc) is 3.12. The molecule has 0 aliphatic carbocycles. The van der Waals surface area contributed by atoms with E-state index >= 15 is 0 Å². The van der Waals surface area contributed by atoms with Crippen LogP contribution in [0.3, 0.4) is 0 Å². The molecule has 152 valence electrons. The third-order valence-corrected chi connectivity index (χ3v) is 4.83. The van der Waals surface area contributed by atoms with Crippen LogP contribution in [0.2, 0.25) is 0 Å². The highest BCUT2D eigenvalue weighted by molar-refractivity contribution is 6.07. The zero-order chi connectivity index (χ0) is 21.3. The van der Waals surface area contributed by atoms with Crippen LogP contribution in [0, 0.1) is 5.82 Å². The summed E-state index contributed by atoms with van der Waals surface area (Å²) in [5.41, 5.74) is 9.73. The van der Waals surface area contributed by atoms with Crippen molar-refractivity contribution in [2.75, 3.05) is 12.8 Å². The number of nitrogens with two attached hydrogens (primary N) is 1. The molecule has 30 heavy (non-hydrogen) atoms. The first-order chi connectivity index (χ1) is 14.5. The number of aromatic nitrogens is 3. The number of ether oxygens (including phenoxy) is 1. The lowest BCUT2D eigenvalue weighted by Crippen LogP contribution is -2.23. The lowest BCUT2D eigenvalue weighted by atomic mass is 10.00. The maximum atomic E-state index is 13.6. The molecule has 0 unspecified atom stereocenters. The number of nitrogen functional groups attached to an aromatic ring is 1. The summed E-state index contributed by atoms with van der Waals surface area (Å²) in [7, 11) is 3.30. The summed E-state index contributed by atoms with van der Waals surface area (Å²) in [6.07, 6.45) is 3.24. The van der Waals surface area contributed by atoms with Crippen LogP contribution in [0.5, 0.6) is 5.75 Å². The molecule has 0 bridgehead atoms. The number of imidazole rings is 1. The van der Waals surface area contributed by atoms with Crippen LogP contribution in [0.4, 0.5) is 10.2 Å². The molecule has 0 saturated heterocycles. The lowest BCUT2D eigenvalue weighted by Gasteiger charge is -2.12. The highest BCUT2D eigenvalue weighted by atomic mass is 19.1. The molecule has 0 radical (unpaired) electrons.